The van der Waals surface area contributed by atoms with Gasteiger partial charge in [-0.15, -0.1) is 0 Å². The van der Waals surface area contributed by atoms with E-state index >= 15 is 8.78 Å². The minimum absolute atomic E-state index is 0.296. The van der Waals surface area contributed by atoms with Crippen molar-refractivity contribution >= 4 is 0 Å². The quantitative estimate of drug-likeness (QED) is 0.335. The first-order chi connectivity index (χ1) is 16.3. The summed E-state index contributed by atoms with van der Waals surface area (Å²) in [4.78, 5) is 3.64. The van der Waals surface area contributed by atoms with Gasteiger partial charge in [-0.1, -0.05) is 30.0 Å². The lowest BCUT2D eigenvalue weighted by Crippen LogP contribution is -2.52. The Kier molecular flexibility index (Phi) is 6.34. The zero-order valence-electron chi connectivity index (χ0n) is 17.5. The Morgan fingerprint density at radius 3 is 2.21 bits per heavy atom. The van der Waals surface area contributed by atoms with Gasteiger partial charge < -0.3 is 9.84 Å². The van der Waals surface area contributed by atoms with Crippen LogP contribution < -0.4 is 4.74 Å². The third-order valence-electron chi connectivity index (χ3n) is 4.94. The molecule has 0 fully saturated rings. The molecule has 3 aromatic carbocycles. The molecule has 0 aliphatic heterocycles. The lowest BCUT2D eigenvalue weighted by atomic mass is 9.91. The van der Waals surface area contributed by atoms with Crippen molar-refractivity contribution in [1.82, 2.24) is 14.8 Å². The van der Waals surface area contributed by atoms with Gasteiger partial charge in [-0.2, -0.15) is 13.9 Å². The van der Waals surface area contributed by atoms with Crippen LogP contribution in [0.5, 0.6) is 5.75 Å². The Morgan fingerprint density at radius 1 is 0.912 bits per heavy atom. The number of nitrogens with zero attached hydrogens (tertiary/aromatic N) is 3. The van der Waals surface area contributed by atoms with E-state index in [9.17, 15) is 13.9 Å². The first-order valence-electron chi connectivity index (χ1n) is 10.0. The number of rotatable bonds is 6. The number of aliphatic hydroxyl groups is 1. The Hall–Kier alpha value is -4.16. The highest BCUT2D eigenvalue weighted by atomic mass is 19.3. The third kappa shape index (κ3) is 4.92. The molecule has 1 N–H and O–H groups in total. The minimum atomic E-state index is -4.35. The second-order valence-electron chi connectivity index (χ2n) is 7.34. The van der Waals surface area contributed by atoms with Crippen LogP contribution in [0.2, 0.25) is 0 Å². The first kappa shape index (κ1) is 23.0. The molecular weight excluding hydrogens is 450 g/mol. The van der Waals surface area contributed by atoms with Crippen molar-refractivity contribution in [1.29, 1.82) is 0 Å². The summed E-state index contributed by atoms with van der Waals surface area (Å²) in [6.07, 6.45) is -2.22. The molecule has 0 radical (unpaired) electrons. The van der Waals surface area contributed by atoms with Crippen LogP contribution in [-0.2, 0) is 12.1 Å². The molecule has 0 saturated carbocycles. The number of ether oxygens (including phenoxy) is 1. The van der Waals surface area contributed by atoms with E-state index in [1.807, 2.05) is 30.3 Å². The van der Waals surface area contributed by atoms with Gasteiger partial charge in [0.25, 0.3) is 0 Å². The summed E-state index contributed by atoms with van der Waals surface area (Å²) in [6, 6.07) is 16.5. The van der Waals surface area contributed by atoms with Gasteiger partial charge in [-0.05, 0) is 48.5 Å². The topological polar surface area (TPSA) is 60.2 Å². The molecule has 4 aromatic rings. The van der Waals surface area contributed by atoms with Gasteiger partial charge in [0, 0.05) is 22.8 Å². The Bertz CT molecular complexity index is 1320. The van der Waals surface area contributed by atoms with Gasteiger partial charge in [0.15, 0.2) is 0 Å². The van der Waals surface area contributed by atoms with E-state index in [-0.39, 0.29) is 5.75 Å². The fourth-order valence-corrected chi connectivity index (χ4v) is 3.21. The number of benzene rings is 3. The molecule has 0 bridgehead atoms. The van der Waals surface area contributed by atoms with Gasteiger partial charge in [-0.25, -0.2) is 18.4 Å². The van der Waals surface area contributed by atoms with Crippen LogP contribution in [0, 0.1) is 23.5 Å². The molecule has 1 unspecified atom stereocenters. The number of halogens is 4. The molecule has 9 heteroatoms. The molecule has 1 atom stereocenters. The van der Waals surface area contributed by atoms with Crippen LogP contribution in [0.3, 0.4) is 0 Å². The number of hydrogen-bond donors (Lipinski definition) is 1. The highest BCUT2D eigenvalue weighted by molar-refractivity contribution is 5.44. The molecule has 1 heterocycles. The van der Waals surface area contributed by atoms with Crippen molar-refractivity contribution in [3.8, 4) is 17.6 Å². The SMILES string of the molecule is OC(Cn1cncn1)(c1ccc(F)cc1F)C(F)(F)Oc1ccc(C#Cc2ccccc2)cc1. The predicted molar refractivity (Wildman–Crippen MR) is 115 cm³/mol. The molecule has 4 rings (SSSR count). The summed E-state index contributed by atoms with van der Waals surface area (Å²) in [5.74, 6) is 3.20. The van der Waals surface area contributed by atoms with E-state index in [1.165, 1.54) is 24.3 Å². The predicted octanol–water partition coefficient (Wildman–Crippen LogP) is 4.52. The summed E-state index contributed by atoms with van der Waals surface area (Å²) in [6.45, 7) is -0.914. The summed E-state index contributed by atoms with van der Waals surface area (Å²) >= 11 is 0. The van der Waals surface area contributed by atoms with Crippen LogP contribution in [0.4, 0.5) is 17.6 Å². The number of aromatic nitrogens is 3. The van der Waals surface area contributed by atoms with Crippen molar-refractivity contribution < 1.29 is 27.4 Å². The van der Waals surface area contributed by atoms with Crippen molar-refractivity contribution in [3.05, 3.63) is 114 Å². The van der Waals surface area contributed by atoms with Crippen LogP contribution in [0.25, 0.3) is 0 Å². The Balaban J connectivity index is 1.62. The van der Waals surface area contributed by atoms with E-state index in [0.717, 1.165) is 35.0 Å². The minimum Gasteiger partial charge on any atom is -0.430 e. The Labute approximate surface area is 192 Å². The lowest BCUT2D eigenvalue weighted by molar-refractivity contribution is -0.301. The molecule has 0 aliphatic carbocycles. The van der Waals surface area contributed by atoms with Gasteiger partial charge in [0.05, 0.1) is 6.54 Å². The molecule has 34 heavy (non-hydrogen) atoms. The van der Waals surface area contributed by atoms with E-state index in [1.54, 1.807) is 0 Å². The van der Waals surface area contributed by atoms with E-state index in [0.29, 0.717) is 11.6 Å². The van der Waals surface area contributed by atoms with Gasteiger partial charge >= 0.3 is 6.11 Å². The second kappa shape index (κ2) is 9.37. The maximum absolute atomic E-state index is 15.4. The highest BCUT2D eigenvalue weighted by Gasteiger charge is 2.58. The first-order valence-corrected chi connectivity index (χ1v) is 10.0. The maximum atomic E-state index is 15.4. The average molecular weight is 467 g/mol. The van der Waals surface area contributed by atoms with Crippen LogP contribution in [-0.4, -0.2) is 26.0 Å². The molecule has 0 spiro atoms. The number of hydrogen-bond acceptors (Lipinski definition) is 4. The maximum Gasteiger partial charge on any atom is 0.433 e. The summed E-state index contributed by atoms with van der Waals surface area (Å²) in [7, 11) is 0. The van der Waals surface area contributed by atoms with E-state index in [4.69, 9.17) is 4.74 Å². The summed E-state index contributed by atoms with van der Waals surface area (Å²) in [5.41, 5.74) is -2.78. The van der Waals surface area contributed by atoms with Crippen molar-refractivity contribution in [3.63, 3.8) is 0 Å². The lowest BCUT2D eigenvalue weighted by Gasteiger charge is -2.35. The fraction of sp³-hybridized carbons (Fsp3) is 0.120. The summed E-state index contributed by atoms with van der Waals surface area (Å²) in [5, 5.41) is 14.7. The van der Waals surface area contributed by atoms with Gasteiger partial charge in [-0.3, -0.25) is 0 Å². The standard InChI is InChI=1S/C25H17F4N3O2/c26-20-10-13-22(23(27)14-20)24(33,15-32-17-30-16-31-32)25(28,29)34-21-11-8-19(9-12-21)7-6-18-4-2-1-3-5-18/h1-5,8-14,16-17,33H,15H2. The zero-order valence-corrected chi connectivity index (χ0v) is 17.5. The van der Waals surface area contributed by atoms with E-state index in [2.05, 4.69) is 21.9 Å². The molecular formula is C25H17F4N3O2. The fourth-order valence-electron chi connectivity index (χ4n) is 3.21. The highest BCUT2D eigenvalue weighted by Crippen LogP contribution is 2.41. The van der Waals surface area contributed by atoms with Crippen LogP contribution in [0.15, 0.2) is 85.5 Å². The molecule has 1 aromatic heterocycles. The Morgan fingerprint density at radius 2 is 1.59 bits per heavy atom. The zero-order chi connectivity index (χ0) is 24.2. The van der Waals surface area contributed by atoms with Crippen molar-refractivity contribution in [2.75, 3.05) is 0 Å². The van der Waals surface area contributed by atoms with Gasteiger partial charge in [0.2, 0.25) is 5.60 Å². The largest absolute Gasteiger partial charge is 0.433 e. The van der Waals surface area contributed by atoms with Crippen LogP contribution >= 0.6 is 0 Å². The van der Waals surface area contributed by atoms with Crippen molar-refractivity contribution in [2.45, 2.75) is 18.3 Å². The molecule has 0 saturated heterocycles. The second-order valence-corrected chi connectivity index (χ2v) is 7.34. The smallest absolute Gasteiger partial charge is 0.430 e. The van der Waals surface area contributed by atoms with E-state index < -0.39 is 35.5 Å². The molecule has 5 nitrogen and oxygen atoms in total. The monoisotopic (exact) mass is 467 g/mol. The van der Waals surface area contributed by atoms with Crippen LogP contribution in [0.1, 0.15) is 16.7 Å². The summed E-state index contributed by atoms with van der Waals surface area (Å²) < 4.78 is 64.3. The molecule has 0 aliphatic rings. The normalized spacial score (nSPS) is 13.0. The van der Waals surface area contributed by atoms with Gasteiger partial charge in [0.1, 0.15) is 30.0 Å². The third-order valence-corrected chi connectivity index (χ3v) is 4.94. The molecule has 0 amide bonds. The van der Waals surface area contributed by atoms with Crippen molar-refractivity contribution in [2.24, 2.45) is 0 Å². The molecule has 172 valence electrons. The number of alkyl halides is 2. The average Bonchev–Trinajstić information content (AvgIpc) is 3.32.